The normalized spacial score (nSPS) is 17.0. The number of aryl methyl sites for hydroxylation is 1. The van der Waals surface area contributed by atoms with Crippen LogP contribution in [0.5, 0.6) is 5.75 Å². The lowest BCUT2D eigenvalue weighted by Gasteiger charge is -2.31. The van der Waals surface area contributed by atoms with Crippen LogP contribution >= 0.6 is 0 Å². The van der Waals surface area contributed by atoms with Crippen LogP contribution in [0.4, 0.5) is 5.69 Å². The lowest BCUT2D eigenvalue weighted by Crippen LogP contribution is -2.44. The average Bonchev–Trinajstić information content (AvgIpc) is 4.16. The summed E-state index contributed by atoms with van der Waals surface area (Å²) in [7, 11) is -7.40. The lowest BCUT2D eigenvalue weighted by molar-refractivity contribution is -0.183. The number of carbonyl (C=O) groups excluding carboxylic acids is 8. The number of hydrogen-bond acceptors (Lipinski definition) is 21. The number of benzene rings is 1. The number of ether oxygens (including phenoxy) is 6. The molecule has 2 aromatic heterocycles. The Morgan fingerprint density at radius 3 is 2.12 bits per heavy atom. The van der Waals surface area contributed by atoms with Crippen LogP contribution in [0.15, 0.2) is 38.9 Å². The summed E-state index contributed by atoms with van der Waals surface area (Å²) >= 11 is 0. The Kier molecular flexibility index (Phi) is 21.6. The summed E-state index contributed by atoms with van der Waals surface area (Å²) in [5.41, 5.74) is 3.44. The molecule has 5 atom stereocenters. The number of amides is 2. The predicted molar refractivity (Wildman–Crippen MR) is 278 cm³/mol. The number of nitrogens with zero attached hydrogens (tertiary/aromatic N) is 2. The Morgan fingerprint density at radius 1 is 0.885 bits per heavy atom. The first-order chi connectivity index (χ1) is 36.8. The van der Waals surface area contributed by atoms with Crippen molar-refractivity contribution < 1.29 is 88.0 Å². The molecule has 0 saturated heterocycles. The molecule has 4 heterocycles. The highest BCUT2D eigenvalue weighted by Crippen LogP contribution is 2.38. The van der Waals surface area contributed by atoms with Crippen molar-refractivity contribution in [2.24, 2.45) is 0 Å². The number of rotatable bonds is 28. The van der Waals surface area contributed by atoms with Crippen molar-refractivity contribution >= 4 is 84.6 Å². The van der Waals surface area contributed by atoms with Gasteiger partial charge < -0.3 is 58.7 Å². The number of nitrogens with one attached hydrogen (secondary N) is 4. The van der Waals surface area contributed by atoms with Crippen LogP contribution in [0.1, 0.15) is 112 Å². The van der Waals surface area contributed by atoms with Crippen molar-refractivity contribution in [3.8, 4) is 5.75 Å². The number of anilines is 1. The standard InChI is InChI=1S/C51H68N6O19S2/c1-11-52-40-26-57(20-14-22-70-10)78(68,69)51-37(40)25-44(76-51)77(66,67)27-41(58)30(6)72-49(64)32(8)74-50(65)33(9)73-48(63)31(7)71-42(59)17-18-43(60)75-34-15-16-38-35(23-34)36(46(61)55-38)24-39-28(4)45(29(5)54-39)47(62)53-19-21-56(12-2)13-3/h15-16,23-25,30-33,40,52,54H,11-14,17-22,26-27H2,1-10H3,(H,53,62)(H,55,61)/b36-24-/t30-,31+,32+,33+,40-/m0/s1. The summed E-state index contributed by atoms with van der Waals surface area (Å²) < 4.78 is 90.7. The van der Waals surface area contributed by atoms with Gasteiger partial charge in [-0.15, -0.1) is 0 Å². The zero-order valence-electron chi connectivity index (χ0n) is 45.2. The van der Waals surface area contributed by atoms with Gasteiger partial charge in [0.2, 0.25) is 20.0 Å². The fraction of sp³-hybridized carbons (Fsp3) is 0.529. The Labute approximate surface area is 452 Å². The van der Waals surface area contributed by atoms with E-state index in [2.05, 4.69) is 25.8 Å². The van der Waals surface area contributed by atoms with Crippen molar-refractivity contribution in [2.75, 3.05) is 70.6 Å². The highest BCUT2D eigenvalue weighted by molar-refractivity contribution is 7.92. The van der Waals surface area contributed by atoms with Crippen LogP contribution in [0, 0.1) is 13.8 Å². The average molecular weight is 1130 g/mol. The minimum Gasteiger partial charge on any atom is -0.452 e. The first-order valence-corrected chi connectivity index (χ1v) is 28.4. The van der Waals surface area contributed by atoms with E-state index in [1.807, 2.05) is 13.8 Å². The Balaban J connectivity index is 1.06. The molecule has 0 fully saturated rings. The van der Waals surface area contributed by atoms with Crippen molar-refractivity contribution in [1.29, 1.82) is 0 Å². The maximum atomic E-state index is 13.4. The minimum atomic E-state index is -4.62. The van der Waals surface area contributed by atoms with Crippen molar-refractivity contribution in [1.82, 2.24) is 24.8 Å². The first-order valence-electron chi connectivity index (χ1n) is 25.3. The number of sulfonamides is 1. The molecule has 4 N–H and O–H groups in total. The number of aromatic amines is 1. The summed E-state index contributed by atoms with van der Waals surface area (Å²) in [6, 6.07) is 4.88. The second kappa shape index (κ2) is 27.2. The molecule has 0 aliphatic carbocycles. The van der Waals surface area contributed by atoms with E-state index in [4.69, 9.17) is 32.8 Å². The molecular weight excluding hydrogens is 1060 g/mol. The zero-order valence-corrected chi connectivity index (χ0v) is 46.9. The molecule has 0 unspecified atom stereocenters. The van der Waals surface area contributed by atoms with Crippen LogP contribution in [-0.2, 0) is 77.1 Å². The summed E-state index contributed by atoms with van der Waals surface area (Å²) in [6.45, 7) is 17.4. The lowest BCUT2D eigenvalue weighted by atomic mass is 10.0. The first kappa shape index (κ1) is 62.1. The molecular formula is C51H68N6O19S2. The van der Waals surface area contributed by atoms with Gasteiger partial charge in [0.25, 0.3) is 21.8 Å². The molecule has 25 nitrogen and oxygen atoms in total. The molecule has 0 radical (unpaired) electrons. The third-order valence-corrected chi connectivity index (χ3v) is 15.9. The summed E-state index contributed by atoms with van der Waals surface area (Å²) in [4.78, 5) is 108. The van der Waals surface area contributed by atoms with Crippen LogP contribution in [0.3, 0.4) is 0 Å². The number of fused-ring (bicyclic) bond motifs is 2. The van der Waals surface area contributed by atoms with E-state index in [0.717, 1.165) is 51.2 Å². The third-order valence-electron chi connectivity index (χ3n) is 12.7. The fourth-order valence-corrected chi connectivity index (χ4v) is 11.2. The topological polar surface area (TPSA) is 332 Å². The van der Waals surface area contributed by atoms with Gasteiger partial charge in [-0.3, -0.25) is 24.0 Å². The number of furan rings is 1. The highest BCUT2D eigenvalue weighted by Gasteiger charge is 2.42. The van der Waals surface area contributed by atoms with Gasteiger partial charge >= 0.3 is 29.8 Å². The number of aromatic nitrogens is 1. The second-order valence-electron chi connectivity index (χ2n) is 18.4. The van der Waals surface area contributed by atoms with E-state index in [1.54, 1.807) is 32.9 Å². The SMILES string of the molecule is CCN[C@H]1CN(CCCOC)S(=O)(=O)c2oc(S(=O)(=O)CC(=O)[C@H](C)OC(=O)[C@@H](C)OC(=O)[C@@H](C)OC(=O)[C@@H](C)OC(=O)CCC(=O)Oc3ccc4c(c3)/C(=C/c3[nH]c(C)c(C(=O)NCCN(CC)CC)c3C)C(=O)N4)cc21. The number of hydrogen-bond donors (Lipinski definition) is 4. The molecule has 3 aromatic rings. The monoisotopic (exact) mass is 1130 g/mol. The molecule has 2 amide bonds. The number of H-pyrrole nitrogens is 1. The molecule has 5 rings (SSSR count). The number of sulfone groups is 1. The molecule has 2 aliphatic heterocycles. The number of methoxy groups -OCH3 is 1. The molecule has 0 saturated carbocycles. The number of Topliss-reactive ketones (excluding diaryl/α,β-unsaturated/α-hetero) is 1. The quantitative estimate of drug-likeness (QED) is 0.0267. The van der Waals surface area contributed by atoms with Gasteiger partial charge in [0.1, 0.15) is 11.5 Å². The largest absolute Gasteiger partial charge is 0.452 e. The van der Waals surface area contributed by atoms with Gasteiger partial charge in [-0.2, -0.15) is 4.31 Å². The fourth-order valence-electron chi connectivity index (χ4n) is 8.27. The summed E-state index contributed by atoms with van der Waals surface area (Å²) in [6.07, 6.45) is -5.70. The van der Waals surface area contributed by atoms with Crippen molar-refractivity contribution in [3.05, 3.63) is 57.9 Å². The van der Waals surface area contributed by atoms with E-state index in [9.17, 15) is 55.2 Å². The van der Waals surface area contributed by atoms with Crippen LogP contribution in [-0.4, -0.2) is 168 Å². The minimum absolute atomic E-state index is 0.00984. The van der Waals surface area contributed by atoms with E-state index < -0.39 is 121 Å². The molecule has 428 valence electrons. The van der Waals surface area contributed by atoms with Crippen LogP contribution < -0.4 is 20.7 Å². The number of carbonyl (C=O) groups is 8. The smallest absolute Gasteiger partial charge is 0.347 e. The van der Waals surface area contributed by atoms with E-state index in [-0.39, 0.29) is 42.5 Å². The molecule has 78 heavy (non-hydrogen) atoms. The molecule has 0 spiro atoms. The van der Waals surface area contributed by atoms with Crippen molar-refractivity contribution in [2.45, 2.75) is 122 Å². The number of esters is 5. The zero-order chi connectivity index (χ0) is 57.8. The van der Waals surface area contributed by atoms with Crippen molar-refractivity contribution in [3.63, 3.8) is 0 Å². The predicted octanol–water partition coefficient (Wildman–Crippen LogP) is 2.94. The van der Waals surface area contributed by atoms with Gasteiger partial charge in [0.15, 0.2) is 30.2 Å². The third kappa shape index (κ3) is 15.5. The molecule has 0 bridgehead atoms. The Hall–Kier alpha value is -6.78. The van der Waals surface area contributed by atoms with E-state index >= 15 is 0 Å². The molecule has 2 aliphatic rings. The molecule has 27 heteroatoms. The van der Waals surface area contributed by atoms with Gasteiger partial charge in [-0.25, -0.2) is 31.2 Å². The molecule has 1 aromatic carbocycles. The summed E-state index contributed by atoms with van der Waals surface area (Å²) in [5.74, 6) is -8.56. The van der Waals surface area contributed by atoms with Gasteiger partial charge in [0.05, 0.1) is 30.0 Å². The van der Waals surface area contributed by atoms with Gasteiger partial charge in [-0.1, -0.05) is 20.8 Å². The van der Waals surface area contributed by atoms with E-state index in [0.29, 0.717) is 59.8 Å². The summed E-state index contributed by atoms with van der Waals surface area (Å²) in [5, 5.41) is 7.45. The Bertz CT molecular complexity index is 3020. The number of ketones is 1. The van der Waals surface area contributed by atoms with Crippen LogP contribution in [0.2, 0.25) is 0 Å². The second-order valence-corrected chi connectivity index (χ2v) is 22.1. The van der Waals surface area contributed by atoms with E-state index in [1.165, 1.54) is 19.2 Å². The van der Waals surface area contributed by atoms with Gasteiger partial charge in [0, 0.05) is 74.2 Å². The maximum Gasteiger partial charge on any atom is 0.347 e. The van der Waals surface area contributed by atoms with Gasteiger partial charge in [-0.05, 0) is 97.4 Å². The maximum absolute atomic E-state index is 13.4. The Morgan fingerprint density at radius 2 is 1.50 bits per heavy atom. The van der Waals surface area contributed by atoms with Crippen LogP contribution in [0.25, 0.3) is 11.6 Å². The number of likely N-dealkylation sites (N-methyl/N-ethyl adjacent to an activating group) is 2. The highest BCUT2D eigenvalue weighted by atomic mass is 32.2.